The van der Waals surface area contributed by atoms with E-state index in [1.165, 1.54) is 0 Å². The van der Waals surface area contributed by atoms with Gasteiger partial charge in [0.1, 0.15) is 17.5 Å². The van der Waals surface area contributed by atoms with Crippen LogP contribution in [-0.2, 0) is 14.4 Å². The van der Waals surface area contributed by atoms with E-state index >= 15 is 0 Å². The molecule has 10 nitrogen and oxygen atoms in total. The van der Waals surface area contributed by atoms with Crippen LogP contribution in [0.5, 0.6) is 11.5 Å². The number of nitrogens with zero attached hydrogens (tertiary/aromatic N) is 3. The van der Waals surface area contributed by atoms with Crippen molar-refractivity contribution in [3.8, 4) is 11.5 Å². The fraction of sp³-hybridized carbons (Fsp3) is 0.423. The molecule has 36 heavy (non-hydrogen) atoms. The molecule has 10 heteroatoms. The first kappa shape index (κ1) is 25.3. The molecule has 4 rings (SSSR count). The highest BCUT2D eigenvalue weighted by molar-refractivity contribution is 5.97. The fourth-order valence-electron chi connectivity index (χ4n) is 4.53. The lowest BCUT2D eigenvalue weighted by atomic mass is 10.1. The molecule has 3 amide bonds. The van der Waals surface area contributed by atoms with Crippen LogP contribution < -0.4 is 25.0 Å². The van der Waals surface area contributed by atoms with E-state index in [1.54, 1.807) is 43.4 Å². The second-order valence-corrected chi connectivity index (χ2v) is 8.84. The number of piperazine rings is 2. The van der Waals surface area contributed by atoms with Gasteiger partial charge in [-0.15, -0.1) is 0 Å². The predicted molar refractivity (Wildman–Crippen MR) is 136 cm³/mol. The van der Waals surface area contributed by atoms with Gasteiger partial charge in [-0.3, -0.25) is 19.3 Å². The number of amides is 3. The lowest BCUT2D eigenvalue weighted by Crippen LogP contribution is -2.60. The van der Waals surface area contributed by atoms with Crippen LogP contribution in [0, 0.1) is 0 Å². The van der Waals surface area contributed by atoms with Gasteiger partial charge in [-0.25, -0.2) is 0 Å². The molecular weight excluding hydrogens is 462 g/mol. The van der Waals surface area contributed by atoms with Crippen LogP contribution >= 0.6 is 0 Å². The molecule has 1 atom stereocenters. The van der Waals surface area contributed by atoms with Crippen molar-refractivity contribution in [1.82, 2.24) is 15.1 Å². The van der Waals surface area contributed by atoms with Crippen LogP contribution in [-0.4, -0.2) is 93.6 Å². The van der Waals surface area contributed by atoms with E-state index < -0.39 is 6.04 Å². The zero-order chi connectivity index (χ0) is 25.5. The Morgan fingerprint density at radius 2 is 1.69 bits per heavy atom. The normalized spacial score (nSPS) is 18.4. The molecule has 0 saturated carbocycles. The minimum atomic E-state index is -0.831. The van der Waals surface area contributed by atoms with E-state index in [-0.39, 0.29) is 30.7 Å². The van der Waals surface area contributed by atoms with Crippen molar-refractivity contribution in [3.05, 3.63) is 48.5 Å². The Hall–Kier alpha value is -3.79. The monoisotopic (exact) mass is 495 g/mol. The zero-order valence-corrected chi connectivity index (χ0v) is 20.7. The van der Waals surface area contributed by atoms with E-state index in [9.17, 15) is 14.4 Å². The van der Waals surface area contributed by atoms with Crippen molar-refractivity contribution in [2.24, 2.45) is 0 Å². The van der Waals surface area contributed by atoms with Gasteiger partial charge in [0.05, 0.1) is 27.2 Å². The molecule has 2 aliphatic heterocycles. The van der Waals surface area contributed by atoms with Crippen LogP contribution in [0.2, 0.25) is 0 Å². The van der Waals surface area contributed by atoms with E-state index in [2.05, 4.69) is 26.5 Å². The number of benzene rings is 2. The first-order chi connectivity index (χ1) is 17.5. The molecule has 0 aromatic heterocycles. The third-order valence-electron chi connectivity index (χ3n) is 6.55. The highest BCUT2D eigenvalue weighted by Crippen LogP contribution is 2.22. The van der Waals surface area contributed by atoms with Gasteiger partial charge in [0.2, 0.25) is 17.7 Å². The molecule has 2 aromatic carbocycles. The fourth-order valence-corrected chi connectivity index (χ4v) is 4.53. The van der Waals surface area contributed by atoms with Crippen LogP contribution in [0.1, 0.15) is 6.42 Å². The third kappa shape index (κ3) is 6.25. The number of carbonyl (C=O) groups excluding carboxylic acids is 3. The lowest BCUT2D eigenvalue weighted by molar-refractivity contribution is -0.145. The summed E-state index contributed by atoms with van der Waals surface area (Å²) in [6, 6.07) is 14.1. The summed E-state index contributed by atoms with van der Waals surface area (Å²) in [5.41, 5.74) is 1.69. The molecule has 192 valence electrons. The van der Waals surface area contributed by atoms with Crippen LogP contribution in [0.25, 0.3) is 0 Å². The Bertz CT molecular complexity index is 1070. The summed E-state index contributed by atoms with van der Waals surface area (Å²) in [5.74, 6) is 0.729. The number of rotatable bonds is 8. The van der Waals surface area contributed by atoms with Crippen molar-refractivity contribution in [2.45, 2.75) is 12.5 Å². The molecule has 0 radical (unpaired) electrons. The van der Waals surface area contributed by atoms with Crippen LogP contribution in [0.15, 0.2) is 48.5 Å². The Kier molecular flexibility index (Phi) is 8.27. The van der Waals surface area contributed by atoms with Crippen molar-refractivity contribution in [2.75, 3.05) is 70.2 Å². The summed E-state index contributed by atoms with van der Waals surface area (Å²) < 4.78 is 10.5. The molecule has 0 spiro atoms. The molecule has 2 aromatic rings. The van der Waals surface area contributed by atoms with Gasteiger partial charge in [0.25, 0.3) is 0 Å². The molecule has 0 bridgehead atoms. The van der Waals surface area contributed by atoms with Gasteiger partial charge in [0, 0.05) is 56.7 Å². The molecular formula is C26H33N5O5. The van der Waals surface area contributed by atoms with Gasteiger partial charge in [0.15, 0.2) is 0 Å². The van der Waals surface area contributed by atoms with E-state index in [1.807, 2.05) is 18.2 Å². The van der Waals surface area contributed by atoms with E-state index in [4.69, 9.17) is 9.47 Å². The van der Waals surface area contributed by atoms with Gasteiger partial charge in [-0.05, 0) is 36.4 Å². The summed E-state index contributed by atoms with van der Waals surface area (Å²) >= 11 is 0. The number of methoxy groups -OCH3 is 2. The average Bonchev–Trinajstić information content (AvgIpc) is 2.90. The Morgan fingerprint density at radius 1 is 0.972 bits per heavy atom. The molecule has 0 aliphatic carbocycles. The van der Waals surface area contributed by atoms with Gasteiger partial charge >= 0.3 is 0 Å². The second kappa shape index (κ2) is 11.8. The van der Waals surface area contributed by atoms with Crippen molar-refractivity contribution < 1.29 is 23.9 Å². The molecule has 2 heterocycles. The minimum Gasteiger partial charge on any atom is -0.497 e. The molecule has 2 saturated heterocycles. The Labute approximate surface area is 211 Å². The van der Waals surface area contributed by atoms with Crippen molar-refractivity contribution >= 4 is 29.1 Å². The lowest BCUT2D eigenvalue weighted by Gasteiger charge is -2.39. The largest absolute Gasteiger partial charge is 0.497 e. The summed E-state index contributed by atoms with van der Waals surface area (Å²) in [6.45, 7) is 4.01. The SMILES string of the molecule is COc1ccc(NC(=O)C[C@@H]2C(=O)NCCN2C(=O)CN2CCN(c3cccc(OC)c3)CC2)cc1. The molecule has 2 aliphatic rings. The number of ether oxygens (including phenoxy) is 2. The summed E-state index contributed by atoms with van der Waals surface area (Å²) in [5, 5.41) is 5.57. The average molecular weight is 496 g/mol. The number of anilines is 2. The maximum atomic E-state index is 13.2. The number of carbonyl (C=O) groups is 3. The first-order valence-corrected chi connectivity index (χ1v) is 12.1. The molecule has 0 unspecified atom stereocenters. The zero-order valence-electron chi connectivity index (χ0n) is 20.7. The first-order valence-electron chi connectivity index (χ1n) is 12.1. The topological polar surface area (TPSA) is 103 Å². The second-order valence-electron chi connectivity index (χ2n) is 8.84. The van der Waals surface area contributed by atoms with Gasteiger partial charge < -0.3 is 29.9 Å². The Morgan fingerprint density at radius 3 is 2.39 bits per heavy atom. The maximum Gasteiger partial charge on any atom is 0.243 e. The number of nitrogens with one attached hydrogen (secondary N) is 2. The summed E-state index contributed by atoms with van der Waals surface area (Å²) in [4.78, 5) is 44.4. The summed E-state index contributed by atoms with van der Waals surface area (Å²) in [6.07, 6.45) is -0.104. The Balaban J connectivity index is 1.31. The van der Waals surface area contributed by atoms with E-state index in [0.717, 1.165) is 37.6 Å². The maximum absolute atomic E-state index is 13.2. The smallest absolute Gasteiger partial charge is 0.243 e. The highest BCUT2D eigenvalue weighted by Gasteiger charge is 2.35. The highest BCUT2D eigenvalue weighted by atomic mass is 16.5. The molecule has 2 N–H and O–H groups in total. The van der Waals surface area contributed by atoms with Gasteiger partial charge in [-0.1, -0.05) is 6.07 Å². The summed E-state index contributed by atoms with van der Waals surface area (Å²) in [7, 11) is 3.22. The predicted octanol–water partition coefficient (Wildman–Crippen LogP) is 1.18. The number of hydrogen-bond acceptors (Lipinski definition) is 7. The minimum absolute atomic E-state index is 0.104. The van der Waals surface area contributed by atoms with Crippen LogP contribution in [0.4, 0.5) is 11.4 Å². The molecule has 2 fully saturated rings. The quantitative estimate of drug-likeness (QED) is 0.567. The van der Waals surface area contributed by atoms with Gasteiger partial charge in [-0.2, -0.15) is 0 Å². The third-order valence-corrected chi connectivity index (χ3v) is 6.55. The van der Waals surface area contributed by atoms with Crippen molar-refractivity contribution in [3.63, 3.8) is 0 Å². The van der Waals surface area contributed by atoms with Crippen molar-refractivity contribution in [1.29, 1.82) is 0 Å². The van der Waals surface area contributed by atoms with Crippen LogP contribution in [0.3, 0.4) is 0 Å². The van der Waals surface area contributed by atoms with E-state index in [0.29, 0.717) is 24.5 Å². The standard InChI is InChI=1S/C26H33N5O5/c1-35-21-8-6-19(7-9-21)28-24(32)17-23-26(34)27-10-11-31(23)25(33)18-29-12-14-30(15-13-29)20-4-3-5-22(16-20)36-2/h3-9,16,23H,10-15,17-18H2,1-2H3,(H,27,34)(H,28,32)/t23-/m1/s1. The number of hydrogen-bond donors (Lipinski definition) is 2.